The van der Waals surface area contributed by atoms with Gasteiger partial charge >= 0.3 is 0 Å². The highest BCUT2D eigenvalue weighted by atomic mass is 35.5. The Bertz CT molecular complexity index is 969. The number of halogens is 3. The lowest BCUT2D eigenvalue weighted by molar-refractivity contribution is 0.269. The van der Waals surface area contributed by atoms with Crippen molar-refractivity contribution in [3.8, 4) is 11.5 Å². The van der Waals surface area contributed by atoms with Gasteiger partial charge in [0, 0.05) is 16.7 Å². The van der Waals surface area contributed by atoms with Gasteiger partial charge in [-0.3, -0.25) is 0 Å². The third-order valence-electron chi connectivity index (χ3n) is 3.72. The highest BCUT2D eigenvalue weighted by Gasteiger charge is 2.13. The van der Waals surface area contributed by atoms with Crippen LogP contribution in [-0.2, 0) is 13.2 Å². The first kappa shape index (κ1) is 20.0. The molecule has 148 valence electrons. The Morgan fingerprint density at radius 1 is 1.11 bits per heavy atom. The van der Waals surface area contributed by atoms with Gasteiger partial charge in [-0.25, -0.2) is 4.39 Å². The molecular weight excluding hydrogens is 410 g/mol. The molecule has 1 heterocycles. The smallest absolute Gasteiger partial charge is 0.260 e. The van der Waals surface area contributed by atoms with Crippen LogP contribution in [0.5, 0.6) is 11.5 Å². The number of nitrogen functional groups attached to an aromatic ring is 1. The van der Waals surface area contributed by atoms with Crippen molar-refractivity contribution in [1.82, 2.24) is 20.3 Å². The van der Waals surface area contributed by atoms with Crippen LogP contribution in [0.2, 0.25) is 10.0 Å². The van der Waals surface area contributed by atoms with E-state index in [1.165, 1.54) is 16.9 Å². The molecule has 3 rings (SSSR count). The van der Waals surface area contributed by atoms with Crippen molar-refractivity contribution in [3.63, 3.8) is 0 Å². The molecule has 0 saturated heterocycles. The molecule has 0 unspecified atom stereocenters. The number of anilines is 1. The maximum absolute atomic E-state index is 13.2. The van der Waals surface area contributed by atoms with Gasteiger partial charge in [0.25, 0.3) is 5.95 Å². The molecule has 0 radical (unpaired) electrons. The number of rotatable bonds is 8. The molecule has 11 heteroatoms. The van der Waals surface area contributed by atoms with E-state index in [-0.39, 0.29) is 17.6 Å². The standard InChI is InChI=1S/C17H17Cl2FN6O2/c1-2-27-15-5-11(8-22-26-17(21)23-24-25-26)14(19)7-16(15)28-9-10-3-4-12(20)6-13(10)18/h3-7,22H,2,8-9H2,1H3,(H2,21,23,25). The molecule has 0 spiro atoms. The van der Waals surface area contributed by atoms with E-state index in [0.29, 0.717) is 35.2 Å². The molecule has 0 fully saturated rings. The molecule has 28 heavy (non-hydrogen) atoms. The molecule has 3 N–H and O–H groups in total. The van der Waals surface area contributed by atoms with Crippen LogP contribution in [0.4, 0.5) is 10.3 Å². The van der Waals surface area contributed by atoms with Crippen molar-refractivity contribution in [2.75, 3.05) is 17.8 Å². The zero-order valence-corrected chi connectivity index (χ0v) is 16.3. The van der Waals surface area contributed by atoms with Crippen LogP contribution in [0, 0.1) is 5.82 Å². The highest BCUT2D eigenvalue weighted by Crippen LogP contribution is 2.34. The summed E-state index contributed by atoms with van der Waals surface area (Å²) in [5, 5.41) is 11.5. The minimum atomic E-state index is -0.410. The lowest BCUT2D eigenvalue weighted by Gasteiger charge is -2.16. The number of benzene rings is 2. The first-order chi connectivity index (χ1) is 13.5. The van der Waals surface area contributed by atoms with Crippen molar-refractivity contribution in [2.24, 2.45) is 0 Å². The molecule has 0 bridgehead atoms. The summed E-state index contributed by atoms with van der Waals surface area (Å²) in [5.74, 6) is 0.661. The number of hydrogen-bond acceptors (Lipinski definition) is 7. The summed E-state index contributed by atoms with van der Waals surface area (Å²) >= 11 is 12.4. The Labute approximate surface area is 170 Å². The van der Waals surface area contributed by atoms with Gasteiger partial charge in [0.2, 0.25) is 0 Å². The molecule has 0 aliphatic rings. The highest BCUT2D eigenvalue weighted by molar-refractivity contribution is 6.31. The maximum atomic E-state index is 13.2. The molecule has 0 saturated carbocycles. The lowest BCUT2D eigenvalue weighted by Crippen LogP contribution is -2.18. The lowest BCUT2D eigenvalue weighted by atomic mass is 10.2. The van der Waals surface area contributed by atoms with E-state index >= 15 is 0 Å². The second-order valence-electron chi connectivity index (χ2n) is 5.63. The van der Waals surface area contributed by atoms with Crippen LogP contribution >= 0.6 is 23.2 Å². The summed E-state index contributed by atoms with van der Waals surface area (Å²) in [6, 6.07) is 7.51. The topological polar surface area (TPSA) is 100 Å². The third kappa shape index (κ3) is 4.73. The first-order valence-corrected chi connectivity index (χ1v) is 9.03. The van der Waals surface area contributed by atoms with Gasteiger partial charge in [-0.05, 0) is 41.1 Å². The fraction of sp³-hybridized carbons (Fsp3) is 0.235. The van der Waals surface area contributed by atoms with Gasteiger partial charge in [0.15, 0.2) is 11.5 Å². The Morgan fingerprint density at radius 3 is 2.54 bits per heavy atom. The molecule has 0 amide bonds. The Morgan fingerprint density at radius 2 is 1.86 bits per heavy atom. The maximum Gasteiger partial charge on any atom is 0.260 e. The van der Waals surface area contributed by atoms with E-state index in [9.17, 15) is 4.39 Å². The zero-order chi connectivity index (χ0) is 20.1. The molecule has 0 aliphatic carbocycles. The van der Waals surface area contributed by atoms with E-state index in [0.717, 1.165) is 5.56 Å². The molecular formula is C17H17Cl2FN6O2. The van der Waals surface area contributed by atoms with Gasteiger partial charge in [0.1, 0.15) is 12.4 Å². The molecule has 1 aromatic heterocycles. The van der Waals surface area contributed by atoms with Gasteiger partial charge in [-0.1, -0.05) is 34.4 Å². The van der Waals surface area contributed by atoms with Crippen LogP contribution in [-0.4, -0.2) is 26.9 Å². The van der Waals surface area contributed by atoms with Crippen LogP contribution in [0.1, 0.15) is 18.1 Å². The normalized spacial score (nSPS) is 10.7. The Kier molecular flexibility index (Phi) is 6.37. The van der Waals surface area contributed by atoms with Gasteiger partial charge in [-0.2, -0.15) is 0 Å². The number of nitrogens with two attached hydrogens (primary N) is 1. The van der Waals surface area contributed by atoms with E-state index < -0.39 is 5.82 Å². The number of nitrogens with one attached hydrogen (secondary N) is 1. The van der Waals surface area contributed by atoms with Crippen molar-refractivity contribution in [1.29, 1.82) is 0 Å². The largest absolute Gasteiger partial charge is 0.490 e. The van der Waals surface area contributed by atoms with Gasteiger partial charge in [-0.15, -0.1) is 4.79 Å². The number of aromatic nitrogens is 4. The van der Waals surface area contributed by atoms with Crippen LogP contribution in [0.25, 0.3) is 0 Å². The van der Waals surface area contributed by atoms with Crippen molar-refractivity contribution in [2.45, 2.75) is 20.1 Å². The van der Waals surface area contributed by atoms with Crippen LogP contribution in [0.3, 0.4) is 0 Å². The second kappa shape index (κ2) is 8.94. The minimum absolute atomic E-state index is 0.122. The number of nitrogens with zero attached hydrogens (tertiary/aromatic N) is 4. The monoisotopic (exact) mass is 426 g/mol. The van der Waals surface area contributed by atoms with Crippen molar-refractivity contribution >= 4 is 29.2 Å². The first-order valence-electron chi connectivity index (χ1n) is 8.27. The fourth-order valence-corrected chi connectivity index (χ4v) is 2.80. The predicted molar refractivity (Wildman–Crippen MR) is 104 cm³/mol. The van der Waals surface area contributed by atoms with E-state index in [2.05, 4.69) is 21.0 Å². The molecule has 3 aromatic rings. The summed E-state index contributed by atoms with van der Waals surface area (Å²) in [7, 11) is 0. The summed E-state index contributed by atoms with van der Waals surface area (Å²) in [6.45, 7) is 2.73. The fourth-order valence-electron chi connectivity index (χ4n) is 2.35. The Hall–Kier alpha value is -2.78. The van der Waals surface area contributed by atoms with Gasteiger partial charge in [0.05, 0.1) is 18.2 Å². The average molecular weight is 427 g/mol. The summed E-state index contributed by atoms with van der Waals surface area (Å²) in [5.41, 5.74) is 9.91. The molecule has 0 aliphatic heterocycles. The summed E-state index contributed by atoms with van der Waals surface area (Å²) < 4.78 is 24.6. The van der Waals surface area contributed by atoms with Crippen LogP contribution in [0.15, 0.2) is 30.3 Å². The number of tetrazole rings is 1. The number of ether oxygens (including phenoxy) is 2. The molecule has 0 atom stereocenters. The molecule has 2 aromatic carbocycles. The Balaban J connectivity index is 1.77. The third-order valence-corrected chi connectivity index (χ3v) is 4.43. The minimum Gasteiger partial charge on any atom is -0.490 e. The quantitative estimate of drug-likeness (QED) is 0.568. The zero-order valence-electron chi connectivity index (χ0n) is 14.8. The van der Waals surface area contributed by atoms with E-state index in [1.54, 1.807) is 18.2 Å². The van der Waals surface area contributed by atoms with Gasteiger partial charge < -0.3 is 20.6 Å². The van der Waals surface area contributed by atoms with Crippen molar-refractivity contribution < 1.29 is 13.9 Å². The van der Waals surface area contributed by atoms with Crippen molar-refractivity contribution in [3.05, 3.63) is 57.3 Å². The van der Waals surface area contributed by atoms with Crippen LogP contribution < -0.4 is 20.6 Å². The summed E-state index contributed by atoms with van der Waals surface area (Å²) in [6.07, 6.45) is 0. The second-order valence-corrected chi connectivity index (χ2v) is 6.45. The number of hydrogen-bond donors (Lipinski definition) is 2. The van der Waals surface area contributed by atoms with E-state index in [1.807, 2.05) is 6.92 Å². The van der Waals surface area contributed by atoms with E-state index in [4.69, 9.17) is 38.4 Å². The predicted octanol–water partition coefficient (Wildman–Crippen LogP) is 3.42. The average Bonchev–Trinajstić information content (AvgIpc) is 3.06. The summed E-state index contributed by atoms with van der Waals surface area (Å²) in [4.78, 5) is 1.23. The SMILES string of the molecule is CCOc1cc(CNn2nnnc2N)c(Cl)cc1OCc1ccc(F)cc1Cl. The molecule has 8 nitrogen and oxygen atoms in total.